The number of nitrogens with one attached hydrogen (secondary N) is 1. The zero-order valence-electron chi connectivity index (χ0n) is 13.6. The molecule has 0 spiro atoms. The Morgan fingerprint density at radius 3 is 2.67 bits per heavy atom. The van der Waals surface area contributed by atoms with Crippen LogP contribution in [0.1, 0.15) is 51.1 Å². The number of nitrogens with zero attached hydrogens (tertiary/aromatic N) is 1. The maximum atomic E-state index is 14.0. The molecule has 0 saturated heterocycles. The molecule has 0 heterocycles. The van der Waals surface area contributed by atoms with Gasteiger partial charge < -0.3 is 10.2 Å². The van der Waals surface area contributed by atoms with Crippen molar-refractivity contribution in [2.75, 3.05) is 20.1 Å². The van der Waals surface area contributed by atoms with Crippen LogP contribution in [-0.4, -0.2) is 31.1 Å². The number of rotatable bonds is 9. The monoisotopic (exact) mass is 292 g/mol. The molecule has 1 saturated carbocycles. The lowest BCUT2D eigenvalue weighted by Crippen LogP contribution is -2.34. The van der Waals surface area contributed by atoms with Gasteiger partial charge in [-0.1, -0.05) is 25.1 Å². The molecular weight excluding hydrogens is 263 g/mol. The van der Waals surface area contributed by atoms with Crippen molar-refractivity contribution in [3.63, 3.8) is 0 Å². The van der Waals surface area contributed by atoms with Gasteiger partial charge in [0, 0.05) is 17.6 Å². The van der Waals surface area contributed by atoms with Crippen LogP contribution in [0.5, 0.6) is 0 Å². The topological polar surface area (TPSA) is 15.3 Å². The van der Waals surface area contributed by atoms with Crippen LogP contribution in [0.15, 0.2) is 24.3 Å². The van der Waals surface area contributed by atoms with Gasteiger partial charge in [0.25, 0.3) is 0 Å². The second-order valence-corrected chi connectivity index (χ2v) is 6.38. The summed E-state index contributed by atoms with van der Waals surface area (Å²) in [5.74, 6) is 0.787. The first-order valence-electron chi connectivity index (χ1n) is 8.31. The summed E-state index contributed by atoms with van der Waals surface area (Å²) in [6, 6.07) is 7.92. The molecular formula is C18H29FN2. The van der Waals surface area contributed by atoms with E-state index in [0.717, 1.165) is 37.4 Å². The number of hydrogen-bond donors (Lipinski definition) is 1. The molecule has 0 aromatic heterocycles. The van der Waals surface area contributed by atoms with E-state index in [-0.39, 0.29) is 11.9 Å². The van der Waals surface area contributed by atoms with E-state index in [1.165, 1.54) is 12.8 Å². The first kappa shape index (κ1) is 16.4. The molecule has 1 aromatic rings. The second-order valence-electron chi connectivity index (χ2n) is 6.38. The van der Waals surface area contributed by atoms with Crippen molar-refractivity contribution in [3.05, 3.63) is 35.6 Å². The lowest BCUT2D eigenvalue weighted by molar-refractivity contribution is 0.221. The zero-order chi connectivity index (χ0) is 15.2. The van der Waals surface area contributed by atoms with Crippen molar-refractivity contribution >= 4 is 0 Å². The molecule has 0 radical (unpaired) electrons. The number of halogens is 1. The van der Waals surface area contributed by atoms with Gasteiger partial charge in [-0.3, -0.25) is 0 Å². The Balaban J connectivity index is 1.94. The normalized spacial score (nSPS) is 18.0. The Labute approximate surface area is 128 Å². The van der Waals surface area contributed by atoms with Crippen molar-refractivity contribution < 1.29 is 4.39 Å². The molecule has 118 valence electrons. The second kappa shape index (κ2) is 7.90. The van der Waals surface area contributed by atoms with E-state index in [0.29, 0.717) is 6.04 Å². The van der Waals surface area contributed by atoms with Gasteiger partial charge >= 0.3 is 0 Å². The molecule has 1 aliphatic carbocycles. The Kier molecular flexibility index (Phi) is 6.19. The molecule has 1 aliphatic rings. The maximum Gasteiger partial charge on any atom is 0.127 e. The number of hydrogen-bond acceptors (Lipinski definition) is 2. The van der Waals surface area contributed by atoms with Crippen LogP contribution in [0.4, 0.5) is 4.39 Å². The van der Waals surface area contributed by atoms with Crippen LogP contribution in [-0.2, 0) is 0 Å². The van der Waals surface area contributed by atoms with E-state index in [1.807, 2.05) is 12.1 Å². The molecule has 2 nitrogen and oxygen atoms in total. The van der Waals surface area contributed by atoms with Crippen LogP contribution < -0.4 is 5.32 Å². The zero-order valence-corrected chi connectivity index (χ0v) is 13.6. The first-order valence-corrected chi connectivity index (χ1v) is 8.31. The Hall–Kier alpha value is -0.930. The summed E-state index contributed by atoms with van der Waals surface area (Å²) in [7, 11) is 2.20. The molecule has 0 bridgehead atoms. The highest BCUT2D eigenvalue weighted by Crippen LogP contribution is 2.35. The van der Waals surface area contributed by atoms with Crippen LogP contribution in [0.2, 0.25) is 0 Å². The van der Waals surface area contributed by atoms with Gasteiger partial charge in [-0.15, -0.1) is 0 Å². The summed E-state index contributed by atoms with van der Waals surface area (Å²) in [5, 5.41) is 3.50. The van der Waals surface area contributed by atoms with Gasteiger partial charge in [0.1, 0.15) is 5.82 Å². The summed E-state index contributed by atoms with van der Waals surface area (Å²) in [6.45, 7) is 6.40. The van der Waals surface area contributed by atoms with Crippen LogP contribution in [0.25, 0.3) is 0 Å². The third kappa shape index (κ3) is 4.79. The smallest absolute Gasteiger partial charge is 0.127 e. The minimum Gasteiger partial charge on any atom is -0.310 e. The highest BCUT2D eigenvalue weighted by atomic mass is 19.1. The Bertz CT molecular complexity index is 431. The molecule has 0 aliphatic heterocycles. The molecule has 1 fully saturated rings. The summed E-state index contributed by atoms with van der Waals surface area (Å²) in [4.78, 5) is 2.43. The molecule has 2 rings (SSSR count). The fourth-order valence-corrected chi connectivity index (χ4v) is 2.92. The van der Waals surface area contributed by atoms with Gasteiger partial charge in [0.2, 0.25) is 0 Å². The molecule has 0 amide bonds. The van der Waals surface area contributed by atoms with E-state index in [9.17, 15) is 4.39 Å². The fraction of sp³-hybridized carbons (Fsp3) is 0.667. The molecule has 2 atom stereocenters. The minimum atomic E-state index is -0.0935. The Morgan fingerprint density at radius 2 is 2.05 bits per heavy atom. The molecule has 21 heavy (non-hydrogen) atoms. The SMILES string of the molecule is CCCNC(CCN(C)C(C)C1CC1)c1ccccc1F. The summed E-state index contributed by atoms with van der Waals surface area (Å²) in [5.41, 5.74) is 0.804. The van der Waals surface area contributed by atoms with Crippen molar-refractivity contribution in [2.45, 2.75) is 51.6 Å². The van der Waals surface area contributed by atoms with Crippen LogP contribution >= 0.6 is 0 Å². The standard InChI is InChI=1S/C18H29FN2/c1-4-12-20-18(16-7-5-6-8-17(16)19)11-13-21(3)14(2)15-9-10-15/h5-8,14-15,18,20H,4,9-13H2,1-3H3. The highest BCUT2D eigenvalue weighted by molar-refractivity contribution is 5.21. The third-order valence-electron chi connectivity index (χ3n) is 4.69. The predicted octanol–water partition coefficient (Wildman–Crippen LogP) is 3.99. The van der Waals surface area contributed by atoms with Crippen molar-refractivity contribution in [1.82, 2.24) is 10.2 Å². The van der Waals surface area contributed by atoms with Crippen LogP contribution in [0.3, 0.4) is 0 Å². The van der Waals surface area contributed by atoms with Gasteiger partial charge in [-0.25, -0.2) is 4.39 Å². The largest absolute Gasteiger partial charge is 0.310 e. The lowest BCUT2D eigenvalue weighted by atomic mass is 10.0. The summed E-state index contributed by atoms with van der Waals surface area (Å²) in [6.07, 6.45) is 4.76. The highest BCUT2D eigenvalue weighted by Gasteiger charge is 2.30. The molecule has 1 aromatic carbocycles. The summed E-state index contributed by atoms with van der Waals surface area (Å²) < 4.78 is 14.0. The van der Waals surface area contributed by atoms with Gasteiger partial charge in [0.05, 0.1) is 0 Å². The van der Waals surface area contributed by atoms with Crippen molar-refractivity contribution in [1.29, 1.82) is 0 Å². The third-order valence-corrected chi connectivity index (χ3v) is 4.69. The van der Waals surface area contributed by atoms with Gasteiger partial charge in [0.15, 0.2) is 0 Å². The minimum absolute atomic E-state index is 0.0935. The van der Waals surface area contributed by atoms with E-state index >= 15 is 0 Å². The lowest BCUT2D eigenvalue weighted by Gasteiger charge is -2.27. The van der Waals surface area contributed by atoms with Crippen LogP contribution in [0, 0.1) is 11.7 Å². The van der Waals surface area contributed by atoms with E-state index < -0.39 is 0 Å². The van der Waals surface area contributed by atoms with Crippen molar-refractivity contribution in [2.24, 2.45) is 5.92 Å². The van der Waals surface area contributed by atoms with Gasteiger partial charge in [-0.05, 0) is 64.7 Å². The van der Waals surface area contributed by atoms with E-state index in [2.05, 4.69) is 31.1 Å². The molecule has 2 unspecified atom stereocenters. The van der Waals surface area contributed by atoms with Crippen molar-refractivity contribution in [3.8, 4) is 0 Å². The molecule has 1 N–H and O–H groups in total. The van der Waals surface area contributed by atoms with E-state index in [4.69, 9.17) is 0 Å². The number of benzene rings is 1. The fourth-order valence-electron chi connectivity index (χ4n) is 2.92. The van der Waals surface area contributed by atoms with E-state index in [1.54, 1.807) is 12.1 Å². The maximum absolute atomic E-state index is 14.0. The predicted molar refractivity (Wildman–Crippen MR) is 86.9 cm³/mol. The average Bonchev–Trinajstić information content (AvgIpc) is 3.32. The summed E-state index contributed by atoms with van der Waals surface area (Å²) >= 11 is 0. The first-order chi connectivity index (χ1) is 10.1. The van der Waals surface area contributed by atoms with Gasteiger partial charge in [-0.2, -0.15) is 0 Å². The molecule has 3 heteroatoms. The quantitative estimate of drug-likeness (QED) is 0.740. The average molecular weight is 292 g/mol. The Morgan fingerprint density at radius 1 is 1.33 bits per heavy atom.